The first-order chi connectivity index (χ1) is 8.77. The zero-order chi connectivity index (χ0) is 12.2. The molecular weight excluding hydrogens is 256 g/mol. The minimum atomic E-state index is 0. The van der Waals surface area contributed by atoms with Gasteiger partial charge in [-0.25, -0.2) is 0 Å². The lowest BCUT2D eigenvalue weighted by Crippen LogP contribution is -2.48. The molecule has 0 amide bonds. The molecule has 0 aromatic heterocycles. The van der Waals surface area contributed by atoms with Crippen LogP contribution in [0.2, 0.25) is 0 Å². The van der Waals surface area contributed by atoms with Crippen molar-refractivity contribution in [3.05, 3.63) is 29.8 Å². The second kappa shape index (κ2) is 4.68. The van der Waals surface area contributed by atoms with Crippen LogP contribution in [0.1, 0.15) is 44.1 Å². The first-order valence-electron chi connectivity index (χ1n) is 7.34. The van der Waals surface area contributed by atoms with Gasteiger partial charge in [-0.3, -0.25) is 5.84 Å². The Morgan fingerprint density at radius 3 is 1.79 bits per heavy atom. The molecule has 0 radical (unpaired) electrons. The third-order valence-electron chi connectivity index (χ3n) is 5.70. The van der Waals surface area contributed by atoms with E-state index in [9.17, 15) is 0 Å². The molecule has 2 nitrogen and oxygen atoms in total. The minimum Gasteiger partial charge on any atom is -0.324 e. The van der Waals surface area contributed by atoms with Crippen molar-refractivity contribution in [1.29, 1.82) is 0 Å². The Kier molecular flexibility index (Phi) is 3.26. The van der Waals surface area contributed by atoms with Gasteiger partial charge in [0.2, 0.25) is 0 Å². The lowest BCUT2D eigenvalue weighted by Gasteiger charge is -2.57. The molecule has 0 saturated heterocycles. The molecule has 3 N–H and O–H groups in total. The molecule has 1 aromatic carbocycles. The summed E-state index contributed by atoms with van der Waals surface area (Å²) < 4.78 is 0. The zero-order valence-electron chi connectivity index (χ0n) is 11.3. The summed E-state index contributed by atoms with van der Waals surface area (Å²) >= 11 is 0. The highest BCUT2D eigenvalue weighted by Gasteiger charge is 2.51. The first-order valence-corrected chi connectivity index (χ1v) is 7.34. The third-order valence-corrected chi connectivity index (χ3v) is 5.70. The average Bonchev–Trinajstić information content (AvgIpc) is 2.37. The largest absolute Gasteiger partial charge is 0.324 e. The van der Waals surface area contributed by atoms with Gasteiger partial charge in [0.05, 0.1) is 0 Å². The van der Waals surface area contributed by atoms with Gasteiger partial charge < -0.3 is 5.43 Å². The first kappa shape index (κ1) is 13.3. The van der Waals surface area contributed by atoms with Crippen LogP contribution in [-0.2, 0) is 5.41 Å². The molecule has 104 valence electrons. The van der Waals surface area contributed by atoms with Crippen molar-refractivity contribution >= 4 is 18.1 Å². The molecule has 0 unspecified atom stereocenters. The second-order valence-corrected chi connectivity index (χ2v) is 6.92. The van der Waals surface area contributed by atoms with Crippen LogP contribution in [0.3, 0.4) is 0 Å². The van der Waals surface area contributed by atoms with E-state index in [1.165, 1.54) is 38.5 Å². The summed E-state index contributed by atoms with van der Waals surface area (Å²) in [4.78, 5) is 0. The predicted molar refractivity (Wildman–Crippen MR) is 81.4 cm³/mol. The molecule has 1 aromatic rings. The minimum absolute atomic E-state index is 0. The van der Waals surface area contributed by atoms with Gasteiger partial charge in [0.15, 0.2) is 0 Å². The van der Waals surface area contributed by atoms with E-state index in [0.29, 0.717) is 5.41 Å². The Balaban J connectivity index is 0.00000110. The standard InChI is InChI=1S/C16H22N2.ClH/c17-18-15-3-1-14(2-4-15)16-8-11-5-12(9-16)7-13(6-11)10-16;/h1-4,11-13,18H,5-10,17H2;1H. The maximum absolute atomic E-state index is 5.46. The molecule has 3 heteroatoms. The normalized spacial score (nSPS) is 38.9. The second-order valence-electron chi connectivity index (χ2n) is 6.92. The van der Waals surface area contributed by atoms with E-state index in [0.717, 1.165) is 23.4 Å². The molecule has 4 fully saturated rings. The summed E-state index contributed by atoms with van der Waals surface area (Å²) in [5.74, 6) is 8.51. The van der Waals surface area contributed by atoms with Crippen LogP contribution in [0.4, 0.5) is 5.69 Å². The fourth-order valence-corrected chi connectivity index (χ4v) is 5.38. The van der Waals surface area contributed by atoms with Crippen molar-refractivity contribution < 1.29 is 0 Å². The van der Waals surface area contributed by atoms with Gasteiger partial charge in [0.1, 0.15) is 0 Å². The maximum Gasteiger partial charge on any atom is 0.0485 e. The van der Waals surface area contributed by atoms with Gasteiger partial charge in [-0.2, -0.15) is 0 Å². The van der Waals surface area contributed by atoms with Crippen molar-refractivity contribution in [2.45, 2.75) is 43.9 Å². The van der Waals surface area contributed by atoms with E-state index in [-0.39, 0.29) is 12.4 Å². The quantitative estimate of drug-likeness (QED) is 0.637. The number of halogens is 1. The van der Waals surface area contributed by atoms with E-state index < -0.39 is 0 Å². The highest BCUT2D eigenvalue weighted by Crippen LogP contribution is 2.60. The zero-order valence-corrected chi connectivity index (χ0v) is 12.1. The molecule has 0 heterocycles. The Labute approximate surface area is 121 Å². The lowest BCUT2D eigenvalue weighted by atomic mass is 9.48. The molecule has 4 saturated carbocycles. The van der Waals surface area contributed by atoms with Gasteiger partial charge in [0, 0.05) is 5.69 Å². The molecule has 0 aliphatic heterocycles. The summed E-state index contributed by atoms with van der Waals surface area (Å²) in [5.41, 5.74) is 5.83. The van der Waals surface area contributed by atoms with Gasteiger partial charge in [-0.1, -0.05) is 12.1 Å². The van der Waals surface area contributed by atoms with Crippen LogP contribution < -0.4 is 11.3 Å². The van der Waals surface area contributed by atoms with Crippen LogP contribution in [0.25, 0.3) is 0 Å². The Bertz CT molecular complexity index is 419. The van der Waals surface area contributed by atoms with E-state index in [1.807, 2.05) is 0 Å². The molecule has 4 aliphatic rings. The third kappa shape index (κ3) is 2.05. The Morgan fingerprint density at radius 1 is 0.895 bits per heavy atom. The highest BCUT2D eigenvalue weighted by atomic mass is 35.5. The number of rotatable bonds is 2. The monoisotopic (exact) mass is 278 g/mol. The van der Waals surface area contributed by atoms with Gasteiger partial charge >= 0.3 is 0 Å². The Morgan fingerprint density at radius 2 is 1.37 bits per heavy atom. The van der Waals surface area contributed by atoms with Crippen molar-refractivity contribution in [1.82, 2.24) is 0 Å². The number of hydrazine groups is 1. The number of nitrogen functional groups attached to an aromatic ring is 1. The number of anilines is 1. The van der Waals surface area contributed by atoms with Crippen LogP contribution in [0, 0.1) is 17.8 Å². The van der Waals surface area contributed by atoms with Gasteiger partial charge in [-0.15, -0.1) is 12.4 Å². The van der Waals surface area contributed by atoms with Crippen LogP contribution in [0.15, 0.2) is 24.3 Å². The van der Waals surface area contributed by atoms with E-state index >= 15 is 0 Å². The van der Waals surface area contributed by atoms with Crippen molar-refractivity contribution in [3.8, 4) is 0 Å². The summed E-state index contributed by atoms with van der Waals surface area (Å²) in [7, 11) is 0. The molecule has 19 heavy (non-hydrogen) atoms. The van der Waals surface area contributed by atoms with E-state index in [4.69, 9.17) is 5.84 Å². The summed E-state index contributed by atoms with van der Waals surface area (Å²) in [5, 5.41) is 0. The molecule has 4 aliphatic carbocycles. The summed E-state index contributed by atoms with van der Waals surface area (Å²) in [6, 6.07) is 8.88. The summed E-state index contributed by atoms with van der Waals surface area (Å²) in [6.07, 6.45) is 8.86. The van der Waals surface area contributed by atoms with Gasteiger partial charge in [-0.05, 0) is 79.4 Å². The number of benzene rings is 1. The molecule has 0 atom stereocenters. The predicted octanol–water partition coefficient (Wildman–Crippen LogP) is 3.86. The van der Waals surface area contributed by atoms with E-state index in [2.05, 4.69) is 29.7 Å². The molecule has 5 rings (SSSR count). The topological polar surface area (TPSA) is 38.0 Å². The van der Waals surface area contributed by atoms with E-state index in [1.54, 1.807) is 5.56 Å². The number of nitrogens with two attached hydrogens (primary N) is 1. The van der Waals surface area contributed by atoms with Crippen LogP contribution >= 0.6 is 12.4 Å². The average molecular weight is 279 g/mol. The number of hydrogen-bond acceptors (Lipinski definition) is 2. The number of hydrogen-bond donors (Lipinski definition) is 2. The highest BCUT2D eigenvalue weighted by molar-refractivity contribution is 5.85. The van der Waals surface area contributed by atoms with Crippen LogP contribution in [0.5, 0.6) is 0 Å². The fourth-order valence-electron chi connectivity index (χ4n) is 5.38. The van der Waals surface area contributed by atoms with Crippen molar-refractivity contribution in [3.63, 3.8) is 0 Å². The summed E-state index contributed by atoms with van der Waals surface area (Å²) in [6.45, 7) is 0. The molecule has 4 bridgehead atoms. The van der Waals surface area contributed by atoms with Crippen molar-refractivity contribution in [2.75, 3.05) is 5.43 Å². The van der Waals surface area contributed by atoms with Gasteiger partial charge in [0.25, 0.3) is 0 Å². The molecule has 0 spiro atoms. The SMILES string of the molecule is Cl.NNc1ccc(C23CC4CC(CC(C4)C2)C3)cc1. The lowest BCUT2D eigenvalue weighted by molar-refractivity contribution is -0.00518. The Hall–Kier alpha value is -0.730. The smallest absolute Gasteiger partial charge is 0.0485 e. The van der Waals surface area contributed by atoms with Crippen molar-refractivity contribution in [2.24, 2.45) is 23.6 Å². The number of nitrogens with one attached hydrogen (secondary N) is 1. The van der Waals surface area contributed by atoms with Crippen LogP contribution in [-0.4, -0.2) is 0 Å². The molecular formula is C16H23ClN2. The fraction of sp³-hybridized carbons (Fsp3) is 0.625. The maximum atomic E-state index is 5.46.